The number of nitrogens with zero attached hydrogens (tertiary/aromatic N) is 2. The molecule has 4 nitrogen and oxygen atoms in total. The van der Waals surface area contributed by atoms with Gasteiger partial charge in [-0.05, 0) is 17.7 Å². The fourth-order valence-corrected chi connectivity index (χ4v) is 2.63. The van der Waals surface area contributed by atoms with Crippen molar-refractivity contribution in [3.63, 3.8) is 0 Å². The molecular formula is C20H23N3O. The standard InChI is InChI=1S/C20H23N3O/c1-20(2,3)19(24)21-13-18-22-16-11-7-8-12-17(16)23(18)14-15-9-5-4-6-10-15/h4-12H,13-14H2,1-3H3,(H,21,24). The van der Waals surface area contributed by atoms with Gasteiger partial charge in [-0.25, -0.2) is 4.98 Å². The van der Waals surface area contributed by atoms with Crippen LogP contribution in [0.1, 0.15) is 32.2 Å². The summed E-state index contributed by atoms with van der Waals surface area (Å²) in [6.45, 7) is 6.90. The molecule has 3 rings (SSSR count). The van der Waals surface area contributed by atoms with Crippen molar-refractivity contribution in [3.8, 4) is 0 Å². The summed E-state index contributed by atoms with van der Waals surface area (Å²) >= 11 is 0. The Labute approximate surface area is 142 Å². The van der Waals surface area contributed by atoms with E-state index < -0.39 is 5.41 Å². The van der Waals surface area contributed by atoms with E-state index in [1.165, 1.54) is 5.56 Å². The molecule has 0 spiro atoms. The van der Waals surface area contributed by atoms with Crippen molar-refractivity contribution in [2.45, 2.75) is 33.9 Å². The Kier molecular flexibility index (Phi) is 4.38. The molecule has 0 saturated heterocycles. The highest BCUT2D eigenvalue weighted by Crippen LogP contribution is 2.19. The molecule has 0 unspecified atom stereocenters. The van der Waals surface area contributed by atoms with Gasteiger partial charge in [0.15, 0.2) is 0 Å². The monoisotopic (exact) mass is 321 g/mol. The maximum Gasteiger partial charge on any atom is 0.225 e. The average Bonchev–Trinajstić information content (AvgIpc) is 2.90. The minimum Gasteiger partial charge on any atom is -0.348 e. The van der Waals surface area contributed by atoms with Crippen LogP contribution in [0.4, 0.5) is 0 Å². The smallest absolute Gasteiger partial charge is 0.225 e. The maximum absolute atomic E-state index is 12.2. The Morgan fingerprint density at radius 1 is 1.04 bits per heavy atom. The second-order valence-corrected chi connectivity index (χ2v) is 7.02. The number of amides is 1. The van der Waals surface area contributed by atoms with Crippen LogP contribution >= 0.6 is 0 Å². The number of fused-ring (bicyclic) bond motifs is 1. The van der Waals surface area contributed by atoms with E-state index in [-0.39, 0.29) is 5.91 Å². The van der Waals surface area contributed by atoms with Gasteiger partial charge < -0.3 is 9.88 Å². The molecule has 0 fully saturated rings. The zero-order chi connectivity index (χ0) is 17.2. The lowest BCUT2D eigenvalue weighted by atomic mass is 9.96. The molecule has 0 aliphatic carbocycles. The molecule has 0 bridgehead atoms. The fourth-order valence-electron chi connectivity index (χ4n) is 2.63. The highest BCUT2D eigenvalue weighted by Gasteiger charge is 2.21. The van der Waals surface area contributed by atoms with Crippen molar-refractivity contribution in [2.75, 3.05) is 0 Å². The van der Waals surface area contributed by atoms with Crippen LogP contribution in [0.25, 0.3) is 11.0 Å². The number of benzene rings is 2. The number of aromatic nitrogens is 2. The molecule has 0 radical (unpaired) electrons. The summed E-state index contributed by atoms with van der Waals surface area (Å²) < 4.78 is 2.17. The van der Waals surface area contributed by atoms with Gasteiger partial charge in [-0.3, -0.25) is 4.79 Å². The third-order valence-electron chi connectivity index (χ3n) is 4.01. The zero-order valence-corrected chi connectivity index (χ0v) is 14.4. The van der Waals surface area contributed by atoms with Crippen molar-refractivity contribution in [1.82, 2.24) is 14.9 Å². The van der Waals surface area contributed by atoms with E-state index in [0.29, 0.717) is 6.54 Å². The van der Waals surface area contributed by atoms with Crippen LogP contribution in [0.3, 0.4) is 0 Å². The highest BCUT2D eigenvalue weighted by molar-refractivity contribution is 5.81. The van der Waals surface area contributed by atoms with Gasteiger partial charge in [0, 0.05) is 12.0 Å². The molecule has 124 valence electrons. The topological polar surface area (TPSA) is 46.9 Å². The summed E-state index contributed by atoms with van der Waals surface area (Å²) in [4.78, 5) is 16.9. The Morgan fingerprint density at radius 2 is 1.71 bits per heavy atom. The summed E-state index contributed by atoms with van der Waals surface area (Å²) in [6.07, 6.45) is 0. The molecular weight excluding hydrogens is 298 g/mol. The molecule has 1 heterocycles. The fraction of sp³-hybridized carbons (Fsp3) is 0.300. The lowest BCUT2D eigenvalue weighted by molar-refractivity contribution is -0.128. The predicted molar refractivity (Wildman–Crippen MR) is 96.6 cm³/mol. The van der Waals surface area contributed by atoms with E-state index in [0.717, 1.165) is 23.4 Å². The van der Waals surface area contributed by atoms with Crippen molar-refractivity contribution < 1.29 is 4.79 Å². The zero-order valence-electron chi connectivity index (χ0n) is 14.4. The van der Waals surface area contributed by atoms with E-state index in [4.69, 9.17) is 4.98 Å². The largest absolute Gasteiger partial charge is 0.348 e. The van der Waals surface area contributed by atoms with E-state index in [1.54, 1.807) is 0 Å². The molecule has 0 aliphatic rings. The van der Waals surface area contributed by atoms with Crippen LogP contribution in [0.2, 0.25) is 0 Å². The average molecular weight is 321 g/mol. The van der Waals surface area contributed by atoms with Gasteiger partial charge in [0.25, 0.3) is 0 Å². The number of nitrogens with one attached hydrogen (secondary N) is 1. The molecule has 0 saturated carbocycles. The lowest BCUT2D eigenvalue weighted by Gasteiger charge is -2.18. The minimum atomic E-state index is -0.406. The highest BCUT2D eigenvalue weighted by atomic mass is 16.2. The van der Waals surface area contributed by atoms with Crippen LogP contribution in [0.15, 0.2) is 54.6 Å². The first-order valence-electron chi connectivity index (χ1n) is 8.21. The molecule has 1 aromatic heterocycles. The third-order valence-corrected chi connectivity index (χ3v) is 4.01. The van der Waals surface area contributed by atoms with Crippen LogP contribution in [-0.2, 0) is 17.9 Å². The summed E-state index contributed by atoms with van der Waals surface area (Å²) in [5.41, 5.74) is 2.84. The summed E-state index contributed by atoms with van der Waals surface area (Å²) in [6, 6.07) is 18.4. The Bertz CT molecular complexity index is 844. The predicted octanol–water partition coefficient (Wildman–Crippen LogP) is 3.75. The Morgan fingerprint density at radius 3 is 2.42 bits per heavy atom. The first-order chi connectivity index (χ1) is 11.4. The number of hydrogen-bond acceptors (Lipinski definition) is 2. The summed E-state index contributed by atoms with van der Waals surface area (Å²) in [5.74, 6) is 0.901. The van der Waals surface area contributed by atoms with Crippen LogP contribution in [0.5, 0.6) is 0 Å². The normalized spacial score (nSPS) is 11.6. The molecule has 24 heavy (non-hydrogen) atoms. The second kappa shape index (κ2) is 6.48. The van der Waals surface area contributed by atoms with E-state index in [9.17, 15) is 4.79 Å². The third kappa shape index (κ3) is 3.48. The molecule has 4 heteroatoms. The lowest BCUT2D eigenvalue weighted by Crippen LogP contribution is -2.35. The minimum absolute atomic E-state index is 0.0285. The van der Waals surface area contributed by atoms with Crippen LogP contribution < -0.4 is 5.32 Å². The van der Waals surface area contributed by atoms with Crippen LogP contribution in [0, 0.1) is 5.41 Å². The van der Waals surface area contributed by atoms with Crippen molar-refractivity contribution in [3.05, 3.63) is 66.0 Å². The maximum atomic E-state index is 12.2. The molecule has 0 atom stereocenters. The number of carbonyl (C=O) groups excluding carboxylic acids is 1. The molecule has 0 aliphatic heterocycles. The van der Waals surface area contributed by atoms with Gasteiger partial charge >= 0.3 is 0 Å². The second-order valence-electron chi connectivity index (χ2n) is 7.02. The molecule has 1 amide bonds. The number of para-hydroxylation sites is 2. The Hall–Kier alpha value is -2.62. The quantitative estimate of drug-likeness (QED) is 0.795. The number of carbonyl (C=O) groups is 1. The first kappa shape index (κ1) is 16.2. The van der Waals surface area contributed by atoms with Gasteiger partial charge in [0.1, 0.15) is 5.82 Å². The van der Waals surface area contributed by atoms with Gasteiger partial charge in [0.2, 0.25) is 5.91 Å². The van der Waals surface area contributed by atoms with E-state index in [1.807, 2.05) is 57.2 Å². The molecule has 2 aromatic carbocycles. The van der Waals surface area contributed by atoms with E-state index >= 15 is 0 Å². The number of hydrogen-bond donors (Lipinski definition) is 1. The van der Waals surface area contributed by atoms with Gasteiger partial charge in [-0.15, -0.1) is 0 Å². The number of rotatable bonds is 4. The summed E-state index contributed by atoms with van der Waals surface area (Å²) in [7, 11) is 0. The van der Waals surface area contributed by atoms with Gasteiger partial charge in [0.05, 0.1) is 17.6 Å². The van der Waals surface area contributed by atoms with Crippen molar-refractivity contribution in [2.24, 2.45) is 5.41 Å². The summed E-state index contributed by atoms with van der Waals surface area (Å²) in [5, 5.41) is 3.00. The van der Waals surface area contributed by atoms with Gasteiger partial charge in [-0.2, -0.15) is 0 Å². The van der Waals surface area contributed by atoms with Crippen LogP contribution in [-0.4, -0.2) is 15.5 Å². The first-order valence-corrected chi connectivity index (χ1v) is 8.21. The number of imidazole rings is 1. The molecule has 1 N–H and O–H groups in total. The van der Waals surface area contributed by atoms with Gasteiger partial charge in [-0.1, -0.05) is 63.2 Å². The van der Waals surface area contributed by atoms with E-state index in [2.05, 4.69) is 28.1 Å². The molecule has 3 aromatic rings. The van der Waals surface area contributed by atoms with Crippen molar-refractivity contribution >= 4 is 16.9 Å². The Balaban J connectivity index is 1.92. The van der Waals surface area contributed by atoms with Crippen molar-refractivity contribution in [1.29, 1.82) is 0 Å². The SMILES string of the molecule is CC(C)(C)C(=O)NCc1nc2ccccc2n1Cc1ccccc1.